The van der Waals surface area contributed by atoms with E-state index in [9.17, 15) is 9.18 Å². The smallest absolute Gasteiger partial charge is 0.281 e. The van der Waals surface area contributed by atoms with Crippen LogP contribution in [0.2, 0.25) is 0 Å². The van der Waals surface area contributed by atoms with Crippen LogP contribution in [0.1, 0.15) is 15.2 Å². The van der Waals surface area contributed by atoms with Crippen LogP contribution in [0.15, 0.2) is 41.5 Å². The van der Waals surface area contributed by atoms with Crippen molar-refractivity contribution in [1.29, 1.82) is 0 Å². The second-order valence-electron chi connectivity index (χ2n) is 3.58. The van der Waals surface area contributed by atoms with Gasteiger partial charge in [-0.25, -0.2) is 5.43 Å². The number of ether oxygens (including phenoxy) is 1. The fourth-order valence-corrected chi connectivity index (χ4v) is 2.00. The molecule has 0 radical (unpaired) electrons. The molecule has 0 fully saturated rings. The lowest BCUT2D eigenvalue weighted by atomic mass is 10.2. The molecule has 1 amide bonds. The number of amides is 1. The molecule has 0 aliphatic rings. The minimum absolute atomic E-state index is 0.278. The Morgan fingerprint density at radius 1 is 1.42 bits per heavy atom. The lowest BCUT2D eigenvalue weighted by Gasteiger charge is -2.00. The van der Waals surface area contributed by atoms with Crippen molar-refractivity contribution in [3.63, 3.8) is 0 Å². The Morgan fingerprint density at radius 2 is 2.26 bits per heavy atom. The molecule has 4 nitrogen and oxygen atoms in total. The maximum atomic E-state index is 12.7. The van der Waals surface area contributed by atoms with E-state index in [1.807, 2.05) is 18.2 Å². The molecule has 19 heavy (non-hydrogen) atoms. The van der Waals surface area contributed by atoms with Gasteiger partial charge in [0.15, 0.2) is 5.13 Å². The van der Waals surface area contributed by atoms with Crippen LogP contribution in [-0.4, -0.2) is 19.2 Å². The molecule has 0 saturated heterocycles. The zero-order valence-corrected chi connectivity index (χ0v) is 10.9. The molecule has 2 aromatic rings. The molecule has 0 aliphatic heterocycles. The van der Waals surface area contributed by atoms with E-state index in [1.54, 1.807) is 13.2 Å². The van der Waals surface area contributed by atoms with E-state index in [-0.39, 0.29) is 4.88 Å². The van der Waals surface area contributed by atoms with Crippen molar-refractivity contribution < 1.29 is 13.9 Å². The van der Waals surface area contributed by atoms with Crippen molar-refractivity contribution in [1.82, 2.24) is 5.43 Å². The van der Waals surface area contributed by atoms with Gasteiger partial charge in [0.05, 0.1) is 18.2 Å². The number of nitrogens with zero attached hydrogens (tertiary/aromatic N) is 1. The number of benzene rings is 1. The fourth-order valence-electron chi connectivity index (χ4n) is 1.38. The van der Waals surface area contributed by atoms with Gasteiger partial charge in [-0.2, -0.15) is 9.49 Å². The van der Waals surface area contributed by atoms with E-state index in [4.69, 9.17) is 4.74 Å². The number of hydrogen-bond donors (Lipinski definition) is 1. The second kappa shape index (κ2) is 6.10. The summed E-state index contributed by atoms with van der Waals surface area (Å²) in [7, 11) is 1.57. The first-order valence-electron chi connectivity index (χ1n) is 5.42. The molecular weight excluding hydrogens is 267 g/mol. The Bertz CT molecular complexity index is 610. The van der Waals surface area contributed by atoms with E-state index in [2.05, 4.69) is 10.5 Å². The molecule has 2 rings (SSSR count). The van der Waals surface area contributed by atoms with Crippen LogP contribution < -0.4 is 10.2 Å². The number of hydrazone groups is 1. The van der Waals surface area contributed by atoms with Crippen molar-refractivity contribution in [2.24, 2.45) is 5.10 Å². The summed E-state index contributed by atoms with van der Waals surface area (Å²) in [5.41, 5.74) is 3.12. The summed E-state index contributed by atoms with van der Waals surface area (Å²) in [4.78, 5) is 11.8. The van der Waals surface area contributed by atoms with Gasteiger partial charge in [-0.05, 0) is 29.8 Å². The average molecular weight is 278 g/mol. The summed E-state index contributed by atoms with van der Waals surface area (Å²) in [5, 5.41) is 3.41. The van der Waals surface area contributed by atoms with Gasteiger partial charge in [0.2, 0.25) is 0 Å². The molecule has 0 atom stereocenters. The van der Waals surface area contributed by atoms with Crippen LogP contribution in [0.5, 0.6) is 5.75 Å². The normalized spacial score (nSPS) is 10.6. The molecular formula is C13H11FN2O2S. The van der Waals surface area contributed by atoms with Gasteiger partial charge in [0.25, 0.3) is 5.91 Å². The molecule has 98 valence electrons. The van der Waals surface area contributed by atoms with Crippen molar-refractivity contribution in [3.05, 3.63) is 52.0 Å². The van der Waals surface area contributed by atoms with Gasteiger partial charge in [0.1, 0.15) is 5.75 Å². The zero-order chi connectivity index (χ0) is 13.7. The number of nitrogens with one attached hydrogen (secondary N) is 1. The minimum atomic E-state index is -0.437. The molecule has 0 bridgehead atoms. The number of hydrogen-bond acceptors (Lipinski definition) is 4. The van der Waals surface area contributed by atoms with Gasteiger partial charge in [0, 0.05) is 0 Å². The minimum Gasteiger partial charge on any atom is -0.497 e. The quantitative estimate of drug-likeness (QED) is 0.690. The molecule has 0 spiro atoms. The highest BCUT2D eigenvalue weighted by Gasteiger charge is 2.07. The Balaban J connectivity index is 1.97. The predicted octanol–water partition coefficient (Wildman–Crippen LogP) is 2.66. The molecule has 0 aliphatic carbocycles. The van der Waals surface area contributed by atoms with Crippen LogP contribution in [0, 0.1) is 5.13 Å². The summed E-state index contributed by atoms with van der Waals surface area (Å²) in [6.45, 7) is 0. The summed E-state index contributed by atoms with van der Waals surface area (Å²) >= 11 is 0.776. The fraction of sp³-hybridized carbons (Fsp3) is 0.0769. The Kier molecular flexibility index (Phi) is 4.25. The van der Waals surface area contributed by atoms with E-state index >= 15 is 0 Å². The van der Waals surface area contributed by atoms with Crippen LogP contribution in [0.4, 0.5) is 4.39 Å². The molecule has 1 aromatic heterocycles. The average Bonchev–Trinajstić information content (AvgIpc) is 2.86. The Morgan fingerprint density at radius 3 is 2.95 bits per heavy atom. The third-order valence-corrected chi connectivity index (χ3v) is 3.14. The number of thiophene rings is 1. The lowest BCUT2D eigenvalue weighted by Crippen LogP contribution is -2.16. The van der Waals surface area contributed by atoms with E-state index in [0.717, 1.165) is 16.9 Å². The van der Waals surface area contributed by atoms with Gasteiger partial charge in [-0.15, -0.1) is 11.3 Å². The highest BCUT2D eigenvalue weighted by Crippen LogP contribution is 2.14. The number of carbonyl (C=O) groups is 1. The van der Waals surface area contributed by atoms with Gasteiger partial charge in [-0.1, -0.05) is 12.1 Å². The third kappa shape index (κ3) is 3.62. The summed E-state index contributed by atoms with van der Waals surface area (Å²) in [6, 6.07) is 9.88. The van der Waals surface area contributed by atoms with E-state index in [0.29, 0.717) is 5.75 Å². The van der Waals surface area contributed by atoms with Gasteiger partial charge >= 0.3 is 0 Å². The largest absolute Gasteiger partial charge is 0.497 e. The maximum absolute atomic E-state index is 12.7. The number of rotatable bonds is 4. The molecule has 1 aromatic carbocycles. The molecule has 6 heteroatoms. The van der Waals surface area contributed by atoms with Crippen molar-refractivity contribution >= 4 is 23.5 Å². The van der Waals surface area contributed by atoms with Crippen molar-refractivity contribution in [2.75, 3.05) is 7.11 Å². The Labute approximate surface area is 113 Å². The highest BCUT2D eigenvalue weighted by atomic mass is 32.1. The van der Waals surface area contributed by atoms with Crippen LogP contribution >= 0.6 is 11.3 Å². The predicted molar refractivity (Wildman–Crippen MR) is 72.3 cm³/mol. The number of methoxy groups -OCH3 is 1. The number of carbonyl (C=O) groups excluding carboxylic acids is 1. The molecule has 0 unspecified atom stereocenters. The van der Waals surface area contributed by atoms with E-state index < -0.39 is 11.0 Å². The van der Waals surface area contributed by atoms with Gasteiger partial charge < -0.3 is 4.74 Å². The molecule has 1 N–H and O–H groups in total. The first kappa shape index (κ1) is 13.2. The summed E-state index contributed by atoms with van der Waals surface area (Å²) in [5.74, 6) is 0.267. The van der Waals surface area contributed by atoms with Crippen LogP contribution in [0.25, 0.3) is 0 Å². The van der Waals surface area contributed by atoms with Crippen molar-refractivity contribution in [2.45, 2.75) is 0 Å². The van der Waals surface area contributed by atoms with Gasteiger partial charge in [-0.3, -0.25) is 4.79 Å². The molecule has 0 saturated carbocycles. The SMILES string of the molecule is COc1cccc(C=NNC(=O)c2ccc(F)s2)c1. The lowest BCUT2D eigenvalue weighted by molar-refractivity contribution is 0.0959. The van der Waals surface area contributed by atoms with Crippen molar-refractivity contribution in [3.8, 4) is 5.75 Å². The summed E-state index contributed by atoms with van der Waals surface area (Å²) in [6.07, 6.45) is 1.49. The first-order chi connectivity index (χ1) is 9.19. The number of halogens is 1. The maximum Gasteiger partial charge on any atom is 0.281 e. The standard InChI is InChI=1S/C13H11FN2O2S/c1-18-10-4-2-3-9(7-10)8-15-16-13(17)11-5-6-12(14)19-11/h2-8H,1H3,(H,16,17). The third-order valence-electron chi connectivity index (χ3n) is 2.27. The van der Waals surface area contributed by atoms with E-state index in [1.165, 1.54) is 18.3 Å². The monoisotopic (exact) mass is 278 g/mol. The second-order valence-corrected chi connectivity index (χ2v) is 4.61. The zero-order valence-electron chi connectivity index (χ0n) is 10.1. The molecule has 1 heterocycles. The first-order valence-corrected chi connectivity index (χ1v) is 6.23. The van der Waals surface area contributed by atoms with Crippen LogP contribution in [0.3, 0.4) is 0 Å². The summed E-state index contributed by atoms with van der Waals surface area (Å²) < 4.78 is 17.8. The van der Waals surface area contributed by atoms with Crippen LogP contribution in [-0.2, 0) is 0 Å². The topological polar surface area (TPSA) is 50.7 Å². The highest BCUT2D eigenvalue weighted by molar-refractivity contribution is 7.12. The Hall–Kier alpha value is -2.21.